The van der Waals surface area contributed by atoms with Crippen LogP contribution in [0.4, 0.5) is 13.2 Å². The predicted octanol–water partition coefficient (Wildman–Crippen LogP) is 2.75. The Morgan fingerprint density at radius 1 is 1.19 bits per heavy atom. The summed E-state index contributed by atoms with van der Waals surface area (Å²) in [7, 11) is -0.908. The molecule has 0 aromatic carbocycles. The van der Waals surface area contributed by atoms with Crippen molar-refractivity contribution in [3.05, 3.63) is 0 Å². The quantitative estimate of drug-likeness (QED) is 0.476. The highest BCUT2D eigenvalue weighted by atomic mass is 32.2. The number of aliphatic imine (C=N–C) groups is 1. The van der Waals surface area contributed by atoms with E-state index in [0.29, 0.717) is 43.8 Å². The summed E-state index contributed by atoms with van der Waals surface area (Å²) < 4.78 is 49.1. The van der Waals surface area contributed by atoms with E-state index in [-0.39, 0.29) is 4.75 Å². The monoisotopic (exact) mass is 412 g/mol. The Labute approximate surface area is 164 Å². The molecule has 160 valence electrons. The fraction of sp³-hybridized carbons (Fsp3) is 0.944. The SMILES string of the molecule is CCNC(=NCCC1CCN(CC(F)(F)F)CC1)NCCS(=O)C(C)(C)C. The first kappa shape index (κ1) is 24.2. The summed E-state index contributed by atoms with van der Waals surface area (Å²) in [5, 5.41) is 6.38. The lowest BCUT2D eigenvalue weighted by atomic mass is 9.93. The van der Waals surface area contributed by atoms with Gasteiger partial charge in [-0.05, 0) is 66.0 Å². The molecule has 1 fully saturated rings. The van der Waals surface area contributed by atoms with Crippen LogP contribution in [0.3, 0.4) is 0 Å². The van der Waals surface area contributed by atoms with Gasteiger partial charge in [-0.25, -0.2) is 0 Å². The molecule has 0 spiro atoms. The topological polar surface area (TPSA) is 56.7 Å². The third-order valence-electron chi connectivity index (χ3n) is 4.52. The second-order valence-corrected chi connectivity index (χ2v) is 10.3. The van der Waals surface area contributed by atoms with Gasteiger partial charge in [-0.3, -0.25) is 14.1 Å². The number of nitrogens with zero attached hydrogens (tertiary/aromatic N) is 2. The van der Waals surface area contributed by atoms with Crippen molar-refractivity contribution in [3.8, 4) is 0 Å². The number of guanidine groups is 1. The van der Waals surface area contributed by atoms with Crippen LogP contribution in [0.2, 0.25) is 0 Å². The lowest BCUT2D eigenvalue weighted by molar-refractivity contribution is -0.148. The van der Waals surface area contributed by atoms with Crippen molar-refractivity contribution in [3.63, 3.8) is 0 Å². The normalized spacial score (nSPS) is 19.1. The molecule has 2 N–H and O–H groups in total. The maximum Gasteiger partial charge on any atom is 0.401 e. The first-order chi connectivity index (χ1) is 12.5. The first-order valence-electron chi connectivity index (χ1n) is 9.71. The van der Waals surface area contributed by atoms with Crippen LogP contribution >= 0.6 is 0 Å². The van der Waals surface area contributed by atoms with Crippen LogP contribution in [0.15, 0.2) is 4.99 Å². The van der Waals surface area contributed by atoms with Crippen LogP contribution in [-0.2, 0) is 10.8 Å². The van der Waals surface area contributed by atoms with E-state index in [0.717, 1.165) is 25.8 Å². The van der Waals surface area contributed by atoms with Crippen molar-refractivity contribution in [2.45, 2.75) is 57.9 Å². The highest BCUT2D eigenvalue weighted by molar-refractivity contribution is 7.86. The molecular weight excluding hydrogens is 377 g/mol. The minimum absolute atomic E-state index is 0.224. The van der Waals surface area contributed by atoms with E-state index in [2.05, 4.69) is 15.6 Å². The molecule has 0 aromatic heterocycles. The molecule has 0 radical (unpaired) electrons. The third-order valence-corrected chi connectivity index (χ3v) is 6.47. The van der Waals surface area contributed by atoms with Crippen molar-refractivity contribution in [2.24, 2.45) is 10.9 Å². The second kappa shape index (κ2) is 11.2. The number of halogens is 3. The summed E-state index contributed by atoms with van der Waals surface area (Å²) in [4.78, 5) is 6.03. The zero-order valence-electron chi connectivity index (χ0n) is 17.0. The van der Waals surface area contributed by atoms with Crippen LogP contribution in [0, 0.1) is 5.92 Å². The Hall–Kier alpha value is -0.830. The van der Waals surface area contributed by atoms with Crippen LogP contribution in [0.5, 0.6) is 0 Å². The molecule has 0 aromatic rings. The second-order valence-electron chi connectivity index (χ2n) is 7.97. The van der Waals surface area contributed by atoms with E-state index in [1.807, 2.05) is 27.7 Å². The Morgan fingerprint density at radius 2 is 1.81 bits per heavy atom. The summed E-state index contributed by atoms with van der Waals surface area (Å²) in [6, 6.07) is 0. The molecule has 27 heavy (non-hydrogen) atoms. The molecule has 1 unspecified atom stereocenters. The standard InChI is InChI=1S/C18H35F3N4OS/c1-5-22-16(24-10-13-27(26)17(2,3)4)23-9-6-15-7-11-25(12-8-15)14-18(19,20)21/h15H,5-14H2,1-4H3,(H2,22,23,24). The Kier molecular flexibility index (Phi) is 10.1. The summed E-state index contributed by atoms with van der Waals surface area (Å²) in [6.45, 7) is 10.0. The summed E-state index contributed by atoms with van der Waals surface area (Å²) in [5.41, 5.74) is 0. The highest BCUT2D eigenvalue weighted by Crippen LogP contribution is 2.24. The smallest absolute Gasteiger partial charge is 0.357 e. The average molecular weight is 413 g/mol. The van der Waals surface area contributed by atoms with E-state index >= 15 is 0 Å². The molecule has 5 nitrogen and oxygen atoms in total. The average Bonchev–Trinajstić information content (AvgIpc) is 2.54. The number of nitrogens with one attached hydrogen (secondary N) is 2. The summed E-state index contributed by atoms with van der Waals surface area (Å²) >= 11 is 0. The van der Waals surface area contributed by atoms with Gasteiger partial charge in [0.15, 0.2) is 5.96 Å². The van der Waals surface area contributed by atoms with Crippen LogP contribution < -0.4 is 10.6 Å². The van der Waals surface area contributed by atoms with E-state index in [1.54, 1.807) is 0 Å². The van der Waals surface area contributed by atoms with Gasteiger partial charge >= 0.3 is 6.18 Å². The Morgan fingerprint density at radius 3 is 2.33 bits per heavy atom. The maximum atomic E-state index is 12.4. The minimum atomic E-state index is -4.11. The van der Waals surface area contributed by atoms with E-state index in [4.69, 9.17) is 0 Å². The van der Waals surface area contributed by atoms with E-state index in [1.165, 1.54) is 4.90 Å². The predicted molar refractivity (Wildman–Crippen MR) is 107 cm³/mol. The fourth-order valence-corrected chi connectivity index (χ4v) is 3.86. The van der Waals surface area contributed by atoms with Crippen molar-refractivity contribution in [2.75, 3.05) is 45.0 Å². The summed E-state index contributed by atoms with van der Waals surface area (Å²) in [6.07, 6.45) is -1.65. The number of alkyl halides is 3. The van der Waals surface area contributed by atoms with Crippen molar-refractivity contribution >= 4 is 16.8 Å². The van der Waals surface area contributed by atoms with Crippen molar-refractivity contribution < 1.29 is 17.4 Å². The van der Waals surface area contributed by atoms with Gasteiger partial charge in [0.05, 0.1) is 6.54 Å². The van der Waals surface area contributed by atoms with Gasteiger partial charge in [0.1, 0.15) is 0 Å². The third kappa shape index (κ3) is 10.9. The van der Waals surface area contributed by atoms with Crippen LogP contribution in [0.25, 0.3) is 0 Å². The minimum Gasteiger partial charge on any atom is -0.357 e. The van der Waals surface area contributed by atoms with Gasteiger partial charge in [-0.1, -0.05) is 0 Å². The molecule has 1 rings (SSSR count). The molecule has 1 atom stereocenters. The van der Waals surface area contributed by atoms with Gasteiger partial charge in [0.2, 0.25) is 0 Å². The molecule has 0 bridgehead atoms. The molecular formula is C18H35F3N4OS. The van der Waals surface area contributed by atoms with Gasteiger partial charge in [-0.15, -0.1) is 0 Å². The number of hydrogen-bond acceptors (Lipinski definition) is 3. The highest BCUT2D eigenvalue weighted by Gasteiger charge is 2.32. The van der Waals surface area contributed by atoms with E-state index < -0.39 is 23.5 Å². The molecule has 0 amide bonds. The molecule has 1 aliphatic heterocycles. The Balaban J connectivity index is 2.32. The maximum absolute atomic E-state index is 12.4. The Bertz CT molecular complexity index is 484. The largest absolute Gasteiger partial charge is 0.401 e. The van der Waals surface area contributed by atoms with Gasteiger partial charge in [0, 0.05) is 40.9 Å². The molecule has 0 aliphatic carbocycles. The van der Waals surface area contributed by atoms with Crippen LogP contribution in [-0.4, -0.2) is 71.0 Å². The molecule has 1 saturated heterocycles. The van der Waals surface area contributed by atoms with E-state index in [9.17, 15) is 17.4 Å². The fourth-order valence-electron chi connectivity index (χ4n) is 2.96. The number of likely N-dealkylation sites (tertiary alicyclic amines) is 1. The molecule has 1 aliphatic rings. The molecule has 0 saturated carbocycles. The number of rotatable bonds is 8. The lowest BCUT2D eigenvalue weighted by Gasteiger charge is -2.32. The first-order valence-corrected chi connectivity index (χ1v) is 11.0. The summed E-state index contributed by atoms with van der Waals surface area (Å²) in [5.74, 6) is 1.69. The number of hydrogen-bond donors (Lipinski definition) is 2. The zero-order valence-corrected chi connectivity index (χ0v) is 17.8. The van der Waals surface area contributed by atoms with Gasteiger partial charge < -0.3 is 10.6 Å². The van der Waals surface area contributed by atoms with Gasteiger partial charge in [-0.2, -0.15) is 13.2 Å². The van der Waals surface area contributed by atoms with Gasteiger partial charge in [0.25, 0.3) is 0 Å². The molecule has 1 heterocycles. The molecule has 9 heteroatoms. The lowest BCUT2D eigenvalue weighted by Crippen LogP contribution is -2.41. The zero-order chi connectivity index (χ0) is 20.5. The number of piperidine rings is 1. The van der Waals surface area contributed by atoms with Crippen molar-refractivity contribution in [1.29, 1.82) is 0 Å². The van der Waals surface area contributed by atoms with Crippen molar-refractivity contribution in [1.82, 2.24) is 15.5 Å². The van der Waals surface area contributed by atoms with Crippen LogP contribution in [0.1, 0.15) is 47.0 Å².